The van der Waals surface area contributed by atoms with Crippen molar-refractivity contribution < 1.29 is 4.74 Å². The van der Waals surface area contributed by atoms with Gasteiger partial charge in [-0.05, 0) is 12.5 Å². The van der Waals surface area contributed by atoms with Gasteiger partial charge in [0.15, 0.2) is 0 Å². The van der Waals surface area contributed by atoms with Gasteiger partial charge in [-0.15, -0.1) is 0 Å². The van der Waals surface area contributed by atoms with E-state index in [1.54, 1.807) is 0 Å². The summed E-state index contributed by atoms with van der Waals surface area (Å²) in [5.74, 6) is 0. The van der Waals surface area contributed by atoms with Crippen LogP contribution in [-0.4, -0.2) is 37.2 Å². The first kappa shape index (κ1) is 11.6. The largest absolute Gasteiger partial charge is 0.378 e. The third-order valence-corrected chi connectivity index (χ3v) is 3.32. The average molecular weight is 220 g/mol. The molecule has 1 heterocycles. The van der Waals surface area contributed by atoms with Gasteiger partial charge >= 0.3 is 0 Å². The molecule has 3 nitrogen and oxygen atoms in total. The molecule has 2 atom stereocenters. The highest BCUT2D eigenvalue weighted by atomic mass is 16.5. The van der Waals surface area contributed by atoms with E-state index in [0.29, 0.717) is 18.6 Å². The molecule has 88 valence electrons. The highest BCUT2D eigenvalue weighted by molar-refractivity contribution is 5.18. The molecular weight excluding hydrogens is 200 g/mol. The monoisotopic (exact) mass is 220 g/mol. The maximum atomic E-state index is 5.79. The summed E-state index contributed by atoms with van der Waals surface area (Å²) in [6, 6.07) is 11.3. The number of nitrogens with two attached hydrogens (primary N) is 1. The number of benzene rings is 1. The van der Waals surface area contributed by atoms with Gasteiger partial charge in [0.1, 0.15) is 0 Å². The fraction of sp³-hybridized carbons (Fsp3) is 0.538. The van der Waals surface area contributed by atoms with Gasteiger partial charge in [0.25, 0.3) is 0 Å². The van der Waals surface area contributed by atoms with Crippen molar-refractivity contribution in [2.75, 3.05) is 26.3 Å². The van der Waals surface area contributed by atoms with E-state index in [-0.39, 0.29) is 0 Å². The second-order valence-corrected chi connectivity index (χ2v) is 4.29. The van der Waals surface area contributed by atoms with E-state index >= 15 is 0 Å². The Morgan fingerprint density at radius 2 is 2.19 bits per heavy atom. The second kappa shape index (κ2) is 5.43. The maximum absolute atomic E-state index is 5.79. The maximum Gasteiger partial charge on any atom is 0.0635 e. The van der Waals surface area contributed by atoms with Gasteiger partial charge in [-0.25, -0.2) is 0 Å². The minimum Gasteiger partial charge on any atom is -0.378 e. The number of ether oxygens (including phenoxy) is 1. The molecule has 0 spiro atoms. The van der Waals surface area contributed by atoms with Crippen molar-refractivity contribution in [1.29, 1.82) is 0 Å². The van der Waals surface area contributed by atoms with Crippen molar-refractivity contribution in [2.45, 2.75) is 19.0 Å². The third-order valence-electron chi connectivity index (χ3n) is 3.32. The van der Waals surface area contributed by atoms with Gasteiger partial charge < -0.3 is 10.5 Å². The summed E-state index contributed by atoms with van der Waals surface area (Å²) in [6.45, 7) is 5.44. The molecule has 16 heavy (non-hydrogen) atoms. The van der Waals surface area contributed by atoms with Crippen LogP contribution in [-0.2, 0) is 4.74 Å². The Kier molecular flexibility index (Phi) is 3.93. The van der Waals surface area contributed by atoms with Crippen molar-refractivity contribution in [1.82, 2.24) is 4.90 Å². The first-order valence-electron chi connectivity index (χ1n) is 5.91. The van der Waals surface area contributed by atoms with Crippen LogP contribution in [0.2, 0.25) is 0 Å². The molecule has 0 aliphatic carbocycles. The molecule has 1 aromatic carbocycles. The summed E-state index contributed by atoms with van der Waals surface area (Å²) < 4.78 is 5.47. The second-order valence-electron chi connectivity index (χ2n) is 4.29. The van der Waals surface area contributed by atoms with Gasteiger partial charge in [-0.1, -0.05) is 30.3 Å². The van der Waals surface area contributed by atoms with E-state index in [0.717, 1.165) is 19.8 Å². The summed E-state index contributed by atoms with van der Waals surface area (Å²) in [7, 11) is 0. The molecule has 0 amide bonds. The minimum absolute atomic E-state index is 0.351. The molecule has 1 aliphatic rings. The predicted molar refractivity (Wildman–Crippen MR) is 65.2 cm³/mol. The van der Waals surface area contributed by atoms with Crippen LogP contribution >= 0.6 is 0 Å². The van der Waals surface area contributed by atoms with Crippen molar-refractivity contribution in [2.24, 2.45) is 5.73 Å². The number of hydrogen-bond donors (Lipinski definition) is 1. The molecule has 1 fully saturated rings. The van der Waals surface area contributed by atoms with Crippen molar-refractivity contribution >= 4 is 0 Å². The van der Waals surface area contributed by atoms with Gasteiger partial charge in [-0.2, -0.15) is 0 Å². The van der Waals surface area contributed by atoms with Crippen molar-refractivity contribution in [3.05, 3.63) is 35.9 Å². The molecule has 1 saturated heterocycles. The third kappa shape index (κ3) is 2.43. The number of rotatable bonds is 3. The Bertz CT molecular complexity index is 315. The van der Waals surface area contributed by atoms with Crippen molar-refractivity contribution in [3.8, 4) is 0 Å². The molecule has 0 aromatic heterocycles. The Morgan fingerprint density at radius 1 is 1.44 bits per heavy atom. The molecule has 0 radical (unpaired) electrons. The van der Waals surface area contributed by atoms with Crippen LogP contribution in [0.5, 0.6) is 0 Å². The van der Waals surface area contributed by atoms with Crippen LogP contribution in [0.4, 0.5) is 0 Å². The molecule has 0 saturated carbocycles. The van der Waals surface area contributed by atoms with Gasteiger partial charge in [0, 0.05) is 25.2 Å². The lowest BCUT2D eigenvalue weighted by molar-refractivity contribution is -0.0225. The predicted octanol–water partition coefficient (Wildman–Crippen LogP) is 1.41. The zero-order chi connectivity index (χ0) is 11.4. The summed E-state index contributed by atoms with van der Waals surface area (Å²) >= 11 is 0. The van der Waals surface area contributed by atoms with Crippen molar-refractivity contribution in [3.63, 3.8) is 0 Å². The molecule has 2 N–H and O–H groups in total. The molecular formula is C13H20N2O. The Morgan fingerprint density at radius 3 is 2.88 bits per heavy atom. The van der Waals surface area contributed by atoms with E-state index < -0.39 is 0 Å². The SMILES string of the molecule is CC(c1ccccc1)N1CCOCC1CN. The van der Waals surface area contributed by atoms with E-state index in [1.165, 1.54) is 5.56 Å². The molecule has 2 rings (SSSR count). The van der Waals surface area contributed by atoms with E-state index in [4.69, 9.17) is 10.5 Å². The first-order valence-corrected chi connectivity index (χ1v) is 5.91. The lowest BCUT2D eigenvalue weighted by atomic mass is 10.0. The van der Waals surface area contributed by atoms with Crippen LogP contribution in [0.1, 0.15) is 18.5 Å². The van der Waals surface area contributed by atoms with Crippen LogP contribution < -0.4 is 5.73 Å². The normalized spacial score (nSPS) is 24.2. The number of nitrogens with zero attached hydrogens (tertiary/aromatic N) is 1. The fourth-order valence-corrected chi connectivity index (χ4v) is 2.30. The van der Waals surface area contributed by atoms with Crippen LogP contribution in [0.3, 0.4) is 0 Å². The van der Waals surface area contributed by atoms with Gasteiger partial charge in [0.05, 0.1) is 13.2 Å². The van der Waals surface area contributed by atoms with Crippen LogP contribution in [0, 0.1) is 0 Å². The summed E-state index contributed by atoms with van der Waals surface area (Å²) in [4.78, 5) is 2.44. The quantitative estimate of drug-likeness (QED) is 0.837. The number of morpholine rings is 1. The van der Waals surface area contributed by atoms with Gasteiger partial charge in [0.2, 0.25) is 0 Å². The molecule has 1 aromatic rings. The summed E-state index contributed by atoms with van der Waals surface area (Å²) in [5.41, 5.74) is 7.14. The fourth-order valence-electron chi connectivity index (χ4n) is 2.30. The topological polar surface area (TPSA) is 38.5 Å². The Labute approximate surface area is 97.2 Å². The van der Waals surface area contributed by atoms with Gasteiger partial charge in [-0.3, -0.25) is 4.90 Å². The minimum atomic E-state index is 0.351. The molecule has 2 unspecified atom stereocenters. The highest BCUT2D eigenvalue weighted by Crippen LogP contribution is 2.23. The van der Waals surface area contributed by atoms with E-state index in [9.17, 15) is 0 Å². The molecule has 1 aliphatic heterocycles. The Balaban J connectivity index is 2.10. The summed E-state index contributed by atoms with van der Waals surface area (Å²) in [6.07, 6.45) is 0. The lowest BCUT2D eigenvalue weighted by Crippen LogP contribution is -2.50. The van der Waals surface area contributed by atoms with E-state index in [2.05, 4.69) is 42.2 Å². The zero-order valence-corrected chi connectivity index (χ0v) is 9.80. The number of hydrogen-bond acceptors (Lipinski definition) is 3. The van der Waals surface area contributed by atoms with Crippen LogP contribution in [0.25, 0.3) is 0 Å². The Hall–Kier alpha value is -0.900. The van der Waals surface area contributed by atoms with Crippen LogP contribution in [0.15, 0.2) is 30.3 Å². The standard InChI is InChI=1S/C13H20N2O/c1-11(12-5-3-2-4-6-12)15-7-8-16-10-13(15)9-14/h2-6,11,13H,7-10,14H2,1H3. The smallest absolute Gasteiger partial charge is 0.0635 e. The average Bonchev–Trinajstić information content (AvgIpc) is 2.39. The van der Waals surface area contributed by atoms with E-state index in [1.807, 2.05) is 0 Å². The highest BCUT2D eigenvalue weighted by Gasteiger charge is 2.26. The zero-order valence-electron chi connectivity index (χ0n) is 9.80. The lowest BCUT2D eigenvalue weighted by Gasteiger charge is -2.39. The molecule has 0 bridgehead atoms. The molecule has 3 heteroatoms. The summed E-state index contributed by atoms with van der Waals surface area (Å²) in [5, 5.41) is 0. The first-order chi connectivity index (χ1) is 7.83.